The molecular formula is C21H24F3N3O4S. The van der Waals surface area contributed by atoms with Crippen molar-refractivity contribution in [3.8, 4) is 5.75 Å². The Morgan fingerprint density at radius 3 is 2.41 bits per heavy atom. The number of nitrogens with zero attached hydrogens (tertiary/aromatic N) is 2. The molecule has 1 heterocycles. The molecule has 1 fully saturated rings. The highest BCUT2D eigenvalue weighted by Gasteiger charge is 2.32. The van der Waals surface area contributed by atoms with Crippen LogP contribution in [0.4, 0.5) is 18.9 Å². The fourth-order valence-electron chi connectivity index (χ4n) is 3.39. The molecule has 0 aromatic heterocycles. The summed E-state index contributed by atoms with van der Waals surface area (Å²) in [6.45, 7) is 0.796. The summed E-state index contributed by atoms with van der Waals surface area (Å²) in [5, 5.41) is 2.58. The van der Waals surface area contributed by atoms with E-state index < -0.39 is 27.7 Å². The number of piperazine rings is 1. The summed E-state index contributed by atoms with van der Waals surface area (Å²) >= 11 is 0. The van der Waals surface area contributed by atoms with Crippen LogP contribution < -0.4 is 15.0 Å². The number of benzene rings is 2. The van der Waals surface area contributed by atoms with Crippen LogP contribution in [0.3, 0.4) is 0 Å². The number of hydrogen-bond donors (Lipinski definition) is 1. The molecule has 0 aliphatic carbocycles. The SMILES string of the molecule is COc1cccc(C(=O)NCCS(=O)(=O)N2CCN(c3cccc(C(F)(F)F)c3)CC2)c1. The number of rotatable bonds is 7. The second-order valence-corrected chi connectivity index (χ2v) is 9.33. The van der Waals surface area contributed by atoms with Crippen molar-refractivity contribution >= 4 is 21.6 Å². The van der Waals surface area contributed by atoms with Crippen molar-refractivity contribution in [3.05, 3.63) is 59.7 Å². The molecule has 2 aromatic rings. The van der Waals surface area contributed by atoms with Crippen LogP contribution in [0.25, 0.3) is 0 Å². The number of methoxy groups -OCH3 is 1. The minimum atomic E-state index is -4.43. The van der Waals surface area contributed by atoms with Gasteiger partial charge < -0.3 is 15.0 Å². The number of sulfonamides is 1. The van der Waals surface area contributed by atoms with Gasteiger partial charge in [0.15, 0.2) is 0 Å². The Bertz CT molecular complexity index is 1050. The van der Waals surface area contributed by atoms with E-state index in [0.29, 0.717) is 17.0 Å². The van der Waals surface area contributed by atoms with E-state index >= 15 is 0 Å². The van der Waals surface area contributed by atoms with Crippen molar-refractivity contribution in [2.24, 2.45) is 0 Å². The van der Waals surface area contributed by atoms with Crippen molar-refractivity contribution < 1.29 is 31.1 Å². The van der Waals surface area contributed by atoms with Crippen LogP contribution in [0.1, 0.15) is 15.9 Å². The van der Waals surface area contributed by atoms with Crippen molar-refractivity contribution in [1.29, 1.82) is 0 Å². The molecule has 32 heavy (non-hydrogen) atoms. The van der Waals surface area contributed by atoms with Gasteiger partial charge in [0, 0.05) is 44.0 Å². The fraction of sp³-hybridized carbons (Fsp3) is 0.381. The number of carbonyl (C=O) groups excluding carboxylic acids is 1. The average molecular weight is 472 g/mol. The van der Waals surface area contributed by atoms with Crippen molar-refractivity contribution in [2.45, 2.75) is 6.18 Å². The lowest BCUT2D eigenvalue weighted by Crippen LogP contribution is -2.50. The lowest BCUT2D eigenvalue weighted by atomic mass is 10.1. The summed E-state index contributed by atoms with van der Waals surface area (Å²) in [5.74, 6) is -0.163. The van der Waals surface area contributed by atoms with Crippen molar-refractivity contribution in [2.75, 3.05) is 50.5 Å². The van der Waals surface area contributed by atoms with Gasteiger partial charge in [0.05, 0.1) is 18.4 Å². The highest BCUT2D eigenvalue weighted by atomic mass is 32.2. The number of nitrogens with one attached hydrogen (secondary N) is 1. The zero-order valence-electron chi connectivity index (χ0n) is 17.4. The van der Waals surface area contributed by atoms with Gasteiger partial charge in [0.2, 0.25) is 10.0 Å². The minimum Gasteiger partial charge on any atom is -0.497 e. The number of halogens is 3. The Balaban J connectivity index is 1.52. The summed E-state index contributed by atoms with van der Waals surface area (Å²) in [5.41, 5.74) is 0.0238. The third-order valence-corrected chi connectivity index (χ3v) is 7.02. The van der Waals surface area contributed by atoms with E-state index in [9.17, 15) is 26.4 Å². The van der Waals surface area contributed by atoms with Gasteiger partial charge in [0.1, 0.15) is 5.75 Å². The van der Waals surface area contributed by atoms with Gasteiger partial charge in [-0.15, -0.1) is 0 Å². The van der Waals surface area contributed by atoms with Crippen LogP contribution in [-0.4, -0.2) is 64.2 Å². The molecule has 1 amide bonds. The molecule has 0 atom stereocenters. The Morgan fingerprint density at radius 1 is 1.06 bits per heavy atom. The largest absolute Gasteiger partial charge is 0.497 e. The van der Waals surface area contributed by atoms with Gasteiger partial charge >= 0.3 is 6.18 Å². The maximum Gasteiger partial charge on any atom is 0.416 e. The van der Waals surface area contributed by atoms with Crippen LogP contribution in [0.2, 0.25) is 0 Å². The van der Waals surface area contributed by atoms with E-state index in [1.807, 2.05) is 0 Å². The quantitative estimate of drug-likeness (QED) is 0.672. The maximum absolute atomic E-state index is 12.9. The summed E-state index contributed by atoms with van der Waals surface area (Å²) in [6, 6.07) is 11.5. The van der Waals surface area contributed by atoms with E-state index in [0.717, 1.165) is 12.1 Å². The van der Waals surface area contributed by atoms with E-state index in [1.165, 1.54) is 17.5 Å². The van der Waals surface area contributed by atoms with E-state index in [1.54, 1.807) is 35.2 Å². The van der Waals surface area contributed by atoms with E-state index in [2.05, 4.69) is 5.32 Å². The minimum absolute atomic E-state index is 0.0633. The molecule has 1 N–H and O–H groups in total. The third kappa shape index (κ3) is 5.92. The number of carbonyl (C=O) groups is 1. The van der Waals surface area contributed by atoms with Gasteiger partial charge in [-0.05, 0) is 36.4 Å². The van der Waals surface area contributed by atoms with Crippen LogP contribution in [0, 0.1) is 0 Å². The second-order valence-electron chi connectivity index (χ2n) is 7.24. The molecule has 0 radical (unpaired) electrons. The normalized spacial score (nSPS) is 15.4. The Morgan fingerprint density at radius 2 is 1.75 bits per heavy atom. The smallest absolute Gasteiger partial charge is 0.416 e. The lowest BCUT2D eigenvalue weighted by molar-refractivity contribution is -0.137. The number of anilines is 1. The molecule has 1 aliphatic rings. The van der Waals surface area contributed by atoms with Gasteiger partial charge in [-0.2, -0.15) is 17.5 Å². The molecule has 11 heteroatoms. The second kappa shape index (κ2) is 9.78. The molecule has 0 saturated carbocycles. The standard InChI is InChI=1S/C21H24F3N3O4S/c1-31-19-7-2-4-16(14-19)20(28)25-8-13-32(29,30)27-11-9-26(10-12-27)18-6-3-5-17(15-18)21(22,23)24/h2-7,14-15H,8-13H2,1H3,(H,25,28). The van der Waals surface area contributed by atoms with Crippen LogP contribution in [0.15, 0.2) is 48.5 Å². The Hall–Kier alpha value is -2.79. The molecule has 1 saturated heterocycles. The number of alkyl halides is 3. The van der Waals surface area contributed by atoms with Gasteiger partial charge in [-0.1, -0.05) is 12.1 Å². The molecule has 7 nitrogen and oxygen atoms in total. The summed E-state index contributed by atoms with van der Waals surface area (Å²) in [4.78, 5) is 13.9. The highest BCUT2D eigenvalue weighted by molar-refractivity contribution is 7.89. The predicted molar refractivity (Wildman–Crippen MR) is 114 cm³/mol. The Kier molecular flexibility index (Phi) is 7.29. The van der Waals surface area contributed by atoms with Crippen LogP contribution in [0.5, 0.6) is 5.75 Å². The zero-order valence-corrected chi connectivity index (χ0v) is 18.2. The summed E-state index contributed by atoms with van der Waals surface area (Å²) in [6.07, 6.45) is -4.43. The molecule has 0 unspecified atom stereocenters. The number of amides is 1. The molecule has 174 valence electrons. The average Bonchev–Trinajstić information content (AvgIpc) is 2.78. The first-order valence-corrected chi connectivity index (χ1v) is 11.5. The molecule has 0 spiro atoms. The molecule has 1 aliphatic heterocycles. The summed E-state index contributed by atoms with van der Waals surface area (Å²) in [7, 11) is -2.14. The third-order valence-electron chi connectivity index (χ3n) is 5.15. The molecular weight excluding hydrogens is 447 g/mol. The Labute approximate surface area is 184 Å². The van der Waals surface area contributed by atoms with Crippen molar-refractivity contribution in [3.63, 3.8) is 0 Å². The predicted octanol–water partition coefficient (Wildman–Crippen LogP) is 2.60. The highest BCUT2D eigenvalue weighted by Crippen LogP contribution is 2.32. The monoisotopic (exact) mass is 471 g/mol. The number of hydrogen-bond acceptors (Lipinski definition) is 5. The van der Waals surface area contributed by atoms with Gasteiger partial charge in [-0.25, -0.2) is 8.42 Å². The van der Waals surface area contributed by atoms with Crippen LogP contribution in [-0.2, 0) is 16.2 Å². The first kappa shape index (κ1) is 23.9. The van der Waals surface area contributed by atoms with Crippen molar-refractivity contribution in [1.82, 2.24) is 9.62 Å². The molecule has 0 bridgehead atoms. The molecule has 2 aromatic carbocycles. The summed E-state index contributed by atoms with van der Waals surface area (Å²) < 4.78 is 70.4. The first-order chi connectivity index (χ1) is 15.1. The van der Waals surface area contributed by atoms with E-state index in [-0.39, 0.29) is 38.5 Å². The van der Waals surface area contributed by atoms with E-state index in [4.69, 9.17) is 4.74 Å². The van der Waals surface area contributed by atoms with Crippen LogP contribution >= 0.6 is 0 Å². The maximum atomic E-state index is 12.9. The topological polar surface area (TPSA) is 78.9 Å². The fourth-order valence-corrected chi connectivity index (χ4v) is 4.73. The van der Waals surface area contributed by atoms with Gasteiger partial charge in [0.25, 0.3) is 5.91 Å². The first-order valence-electron chi connectivity index (χ1n) is 9.92. The van der Waals surface area contributed by atoms with Gasteiger partial charge in [-0.3, -0.25) is 4.79 Å². The number of ether oxygens (including phenoxy) is 1. The molecule has 3 rings (SSSR count). The lowest BCUT2D eigenvalue weighted by Gasteiger charge is -2.35. The zero-order chi connectivity index (χ0) is 23.4.